The van der Waals surface area contributed by atoms with E-state index in [1.165, 1.54) is 37.1 Å². The summed E-state index contributed by atoms with van der Waals surface area (Å²) >= 11 is 0. The van der Waals surface area contributed by atoms with Gasteiger partial charge in [0.15, 0.2) is 0 Å². The van der Waals surface area contributed by atoms with Gasteiger partial charge >= 0.3 is 6.36 Å². The van der Waals surface area contributed by atoms with Crippen LogP contribution in [0.25, 0.3) is 0 Å². The van der Waals surface area contributed by atoms with Crippen LogP contribution in [0.4, 0.5) is 13.2 Å². The van der Waals surface area contributed by atoms with Crippen LogP contribution in [-0.4, -0.2) is 43.3 Å². The summed E-state index contributed by atoms with van der Waals surface area (Å²) in [6.07, 6.45) is -2.14. The maximum atomic E-state index is 12.0. The van der Waals surface area contributed by atoms with Crippen molar-refractivity contribution >= 4 is 5.91 Å². The zero-order chi connectivity index (χ0) is 16.0. The zero-order valence-electron chi connectivity index (χ0n) is 12.2. The van der Waals surface area contributed by atoms with E-state index in [-0.39, 0.29) is 18.1 Å². The first-order chi connectivity index (χ1) is 10.4. The number of hydrogen-bond acceptors (Lipinski definition) is 3. The van der Waals surface area contributed by atoms with Crippen molar-refractivity contribution in [1.82, 2.24) is 10.2 Å². The van der Waals surface area contributed by atoms with Crippen molar-refractivity contribution in [3.8, 4) is 5.75 Å². The molecule has 1 aliphatic rings. The average Bonchev–Trinajstić information content (AvgIpc) is 2.92. The highest BCUT2D eigenvalue weighted by atomic mass is 19.4. The second kappa shape index (κ2) is 7.49. The van der Waals surface area contributed by atoms with Gasteiger partial charge in [-0.25, -0.2) is 0 Å². The third kappa shape index (κ3) is 5.93. The first kappa shape index (κ1) is 16.6. The summed E-state index contributed by atoms with van der Waals surface area (Å²) in [5.41, 5.74) is 0.646. The van der Waals surface area contributed by atoms with Gasteiger partial charge in [0.2, 0.25) is 5.91 Å². The highest BCUT2D eigenvalue weighted by Gasteiger charge is 2.30. The molecular formula is C15H19F3N2O2. The minimum Gasteiger partial charge on any atom is -0.406 e. The summed E-state index contributed by atoms with van der Waals surface area (Å²) in [6, 6.07) is 5.34. The highest BCUT2D eigenvalue weighted by Crippen LogP contribution is 2.22. The van der Waals surface area contributed by atoms with Crippen molar-refractivity contribution in [2.75, 3.05) is 26.2 Å². The Morgan fingerprint density at radius 1 is 1.18 bits per heavy atom. The maximum absolute atomic E-state index is 12.0. The number of nitrogens with zero attached hydrogens (tertiary/aromatic N) is 1. The quantitative estimate of drug-likeness (QED) is 0.876. The normalized spacial score (nSPS) is 15.8. The Morgan fingerprint density at radius 3 is 2.41 bits per heavy atom. The molecule has 0 radical (unpaired) electrons. The molecule has 0 bridgehead atoms. The van der Waals surface area contributed by atoms with Crippen LogP contribution in [0.3, 0.4) is 0 Å². The molecule has 4 nitrogen and oxygen atoms in total. The van der Waals surface area contributed by atoms with E-state index in [2.05, 4.69) is 15.0 Å². The molecule has 0 saturated carbocycles. The van der Waals surface area contributed by atoms with E-state index in [1.54, 1.807) is 0 Å². The van der Waals surface area contributed by atoms with Crippen LogP contribution in [0.15, 0.2) is 24.3 Å². The number of amides is 1. The topological polar surface area (TPSA) is 41.6 Å². The van der Waals surface area contributed by atoms with E-state index >= 15 is 0 Å². The Bertz CT molecular complexity index is 483. The minimum atomic E-state index is -4.70. The lowest BCUT2D eigenvalue weighted by molar-refractivity contribution is -0.274. The van der Waals surface area contributed by atoms with Gasteiger partial charge in [0.05, 0.1) is 6.42 Å². The standard InChI is InChI=1S/C15H19F3N2O2/c16-15(17,18)22-13-5-3-12(4-6-13)11-14(21)19-7-10-20-8-1-2-9-20/h3-6H,1-2,7-11H2,(H,19,21). The number of ether oxygens (including phenoxy) is 1. The van der Waals surface area contributed by atoms with Crippen molar-refractivity contribution in [3.05, 3.63) is 29.8 Å². The molecule has 1 aliphatic heterocycles. The van der Waals surface area contributed by atoms with E-state index in [4.69, 9.17) is 0 Å². The van der Waals surface area contributed by atoms with Crippen LogP contribution < -0.4 is 10.1 Å². The van der Waals surface area contributed by atoms with Crippen LogP contribution in [0.2, 0.25) is 0 Å². The molecule has 0 aliphatic carbocycles. The molecule has 7 heteroatoms. The smallest absolute Gasteiger partial charge is 0.406 e. The molecule has 2 rings (SSSR count). The van der Waals surface area contributed by atoms with Gasteiger partial charge in [0.25, 0.3) is 0 Å². The summed E-state index contributed by atoms with van der Waals surface area (Å²) in [7, 11) is 0. The van der Waals surface area contributed by atoms with Crippen molar-refractivity contribution in [3.63, 3.8) is 0 Å². The Balaban J connectivity index is 1.71. The van der Waals surface area contributed by atoms with Crippen LogP contribution in [-0.2, 0) is 11.2 Å². The summed E-state index contributed by atoms with van der Waals surface area (Å²) in [4.78, 5) is 14.1. The predicted octanol–water partition coefficient (Wildman–Crippen LogP) is 2.34. The molecule has 0 atom stereocenters. The molecule has 0 spiro atoms. The van der Waals surface area contributed by atoms with E-state index in [1.807, 2.05) is 0 Å². The Kier molecular flexibility index (Phi) is 5.65. The van der Waals surface area contributed by atoms with Gasteiger partial charge in [-0.05, 0) is 43.6 Å². The van der Waals surface area contributed by atoms with E-state index in [0.29, 0.717) is 12.1 Å². The molecule has 1 saturated heterocycles. The summed E-state index contributed by atoms with van der Waals surface area (Å²) in [5, 5.41) is 2.82. The lowest BCUT2D eigenvalue weighted by Gasteiger charge is -2.14. The number of likely N-dealkylation sites (tertiary alicyclic amines) is 1. The molecule has 122 valence electrons. The van der Waals surface area contributed by atoms with Crippen molar-refractivity contribution < 1.29 is 22.7 Å². The van der Waals surface area contributed by atoms with Crippen molar-refractivity contribution in [2.24, 2.45) is 0 Å². The number of halogens is 3. The molecule has 22 heavy (non-hydrogen) atoms. The van der Waals surface area contributed by atoms with Gasteiger partial charge in [0.1, 0.15) is 5.75 Å². The molecule has 1 aromatic rings. The summed E-state index contributed by atoms with van der Waals surface area (Å²) in [5.74, 6) is -0.422. The number of rotatable bonds is 6. The number of hydrogen-bond donors (Lipinski definition) is 1. The Hall–Kier alpha value is -1.76. The fraction of sp³-hybridized carbons (Fsp3) is 0.533. The third-order valence-electron chi connectivity index (χ3n) is 3.47. The second-order valence-corrected chi connectivity index (χ2v) is 5.27. The molecule has 1 aromatic carbocycles. The molecule has 1 N–H and O–H groups in total. The van der Waals surface area contributed by atoms with Crippen molar-refractivity contribution in [2.45, 2.75) is 25.6 Å². The number of carbonyl (C=O) groups excluding carboxylic acids is 1. The van der Waals surface area contributed by atoms with Gasteiger partial charge in [-0.15, -0.1) is 13.2 Å². The fourth-order valence-corrected chi connectivity index (χ4v) is 2.42. The molecule has 1 heterocycles. The Labute approximate surface area is 127 Å². The molecule has 1 amide bonds. The Morgan fingerprint density at radius 2 is 1.82 bits per heavy atom. The number of alkyl halides is 3. The SMILES string of the molecule is O=C(Cc1ccc(OC(F)(F)F)cc1)NCCN1CCCC1. The van der Waals surface area contributed by atoms with Crippen LogP contribution in [0, 0.1) is 0 Å². The lowest BCUT2D eigenvalue weighted by Crippen LogP contribution is -2.34. The molecule has 0 aromatic heterocycles. The first-order valence-corrected chi connectivity index (χ1v) is 7.26. The highest BCUT2D eigenvalue weighted by molar-refractivity contribution is 5.78. The van der Waals surface area contributed by atoms with Gasteiger partial charge in [-0.2, -0.15) is 0 Å². The minimum absolute atomic E-state index is 0.135. The van der Waals surface area contributed by atoms with E-state index in [9.17, 15) is 18.0 Å². The lowest BCUT2D eigenvalue weighted by atomic mass is 10.1. The zero-order valence-corrected chi connectivity index (χ0v) is 12.2. The first-order valence-electron chi connectivity index (χ1n) is 7.26. The number of carbonyl (C=O) groups is 1. The predicted molar refractivity (Wildman–Crippen MR) is 75.5 cm³/mol. The van der Waals surface area contributed by atoms with E-state index in [0.717, 1.165) is 19.6 Å². The maximum Gasteiger partial charge on any atom is 0.573 e. The van der Waals surface area contributed by atoms with Crippen LogP contribution in [0.5, 0.6) is 5.75 Å². The third-order valence-corrected chi connectivity index (χ3v) is 3.47. The fourth-order valence-electron chi connectivity index (χ4n) is 2.42. The number of nitrogens with one attached hydrogen (secondary N) is 1. The van der Waals surface area contributed by atoms with Gasteiger partial charge in [0, 0.05) is 13.1 Å². The van der Waals surface area contributed by atoms with Gasteiger partial charge < -0.3 is 15.0 Å². The average molecular weight is 316 g/mol. The van der Waals surface area contributed by atoms with E-state index < -0.39 is 6.36 Å². The van der Waals surface area contributed by atoms with Gasteiger partial charge in [-0.3, -0.25) is 4.79 Å². The molecule has 0 unspecified atom stereocenters. The largest absolute Gasteiger partial charge is 0.573 e. The van der Waals surface area contributed by atoms with Gasteiger partial charge in [-0.1, -0.05) is 12.1 Å². The van der Waals surface area contributed by atoms with Crippen LogP contribution in [0.1, 0.15) is 18.4 Å². The van der Waals surface area contributed by atoms with Crippen molar-refractivity contribution in [1.29, 1.82) is 0 Å². The molecular weight excluding hydrogens is 297 g/mol. The van der Waals surface area contributed by atoms with Crippen LogP contribution >= 0.6 is 0 Å². The summed E-state index contributed by atoms with van der Waals surface area (Å²) < 4.78 is 39.9. The monoisotopic (exact) mass is 316 g/mol. The number of benzene rings is 1. The second-order valence-electron chi connectivity index (χ2n) is 5.27. The summed E-state index contributed by atoms with van der Waals surface area (Å²) in [6.45, 7) is 3.59. The molecule has 1 fully saturated rings.